The number of nitro benzene ring substituents is 1. The van der Waals surface area contributed by atoms with Gasteiger partial charge in [0.05, 0.1) is 22.6 Å². The third-order valence-corrected chi connectivity index (χ3v) is 5.54. The van der Waals surface area contributed by atoms with Gasteiger partial charge in [0, 0.05) is 17.6 Å². The second-order valence-electron chi connectivity index (χ2n) is 7.14. The number of carbonyl (C=O) groups is 1. The number of hydrogen-bond acceptors (Lipinski definition) is 7. The van der Waals surface area contributed by atoms with Crippen molar-refractivity contribution in [2.45, 2.75) is 13.8 Å². The van der Waals surface area contributed by atoms with Crippen molar-refractivity contribution in [1.29, 1.82) is 0 Å². The number of thioether (sulfide) groups is 1. The van der Waals surface area contributed by atoms with E-state index in [1.165, 1.54) is 37.1 Å². The standard InChI is InChI=1S/C21H20ClN3O5S/c1-12(2)11-24-20(27)18(31-21(24)23-15-6-4-14(22)5-7-15)10-13-8-16(25(28)29)19(26)17(9-13)30-3/h4-10,12,26H,11H2,1-3H3/b18-10-,23-21?. The number of methoxy groups -OCH3 is 1. The van der Waals surface area contributed by atoms with E-state index < -0.39 is 16.4 Å². The molecule has 0 bridgehead atoms. The van der Waals surface area contributed by atoms with E-state index in [-0.39, 0.29) is 17.6 Å². The minimum absolute atomic E-state index is 0.0504. The van der Waals surface area contributed by atoms with Crippen LogP contribution in [0.1, 0.15) is 19.4 Å². The zero-order valence-corrected chi connectivity index (χ0v) is 18.6. The van der Waals surface area contributed by atoms with Gasteiger partial charge in [0.25, 0.3) is 5.91 Å². The Hall–Kier alpha value is -3.04. The molecule has 2 aromatic carbocycles. The fraction of sp³-hybridized carbons (Fsp3) is 0.238. The van der Waals surface area contributed by atoms with Crippen LogP contribution in [-0.4, -0.2) is 39.7 Å². The Morgan fingerprint density at radius 2 is 2.00 bits per heavy atom. The number of hydrogen-bond donors (Lipinski definition) is 1. The summed E-state index contributed by atoms with van der Waals surface area (Å²) in [5.41, 5.74) is 0.502. The summed E-state index contributed by atoms with van der Waals surface area (Å²) in [7, 11) is 1.30. The number of amidine groups is 1. The molecule has 162 valence electrons. The molecule has 1 N–H and O–H groups in total. The zero-order valence-electron chi connectivity index (χ0n) is 17.0. The molecule has 0 saturated carbocycles. The fourth-order valence-corrected chi connectivity index (χ4v) is 4.02. The highest BCUT2D eigenvalue weighted by molar-refractivity contribution is 8.18. The van der Waals surface area contributed by atoms with Crippen molar-refractivity contribution >= 4 is 51.9 Å². The molecule has 31 heavy (non-hydrogen) atoms. The minimum Gasteiger partial charge on any atom is -0.500 e. The molecule has 8 nitrogen and oxygen atoms in total. The average molecular weight is 462 g/mol. The molecule has 2 aromatic rings. The number of nitro groups is 1. The summed E-state index contributed by atoms with van der Waals surface area (Å²) in [5, 5.41) is 22.3. The highest BCUT2D eigenvalue weighted by Gasteiger charge is 2.34. The molecule has 0 atom stereocenters. The number of carbonyl (C=O) groups excluding carboxylic acids is 1. The maximum atomic E-state index is 13.1. The monoisotopic (exact) mass is 461 g/mol. The van der Waals surface area contributed by atoms with Gasteiger partial charge in [0.15, 0.2) is 10.9 Å². The predicted octanol–water partition coefficient (Wildman–Crippen LogP) is 5.22. The molecule has 1 saturated heterocycles. The molecule has 0 unspecified atom stereocenters. The number of halogens is 1. The summed E-state index contributed by atoms with van der Waals surface area (Å²) in [6, 6.07) is 9.57. The maximum absolute atomic E-state index is 13.1. The van der Waals surface area contributed by atoms with Gasteiger partial charge in [-0.15, -0.1) is 0 Å². The van der Waals surface area contributed by atoms with Gasteiger partial charge in [-0.1, -0.05) is 25.4 Å². The van der Waals surface area contributed by atoms with Crippen molar-refractivity contribution in [3.8, 4) is 11.5 Å². The lowest BCUT2D eigenvalue weighted by molar-refractivity contribution is -0.386. The van der Waals surface area contributed by atoms with Gasteiger partial charge in [-0.25, -0.2) is 4.99 Å². The first-order chi connectivity index (χ1) is 14.7. The molecule has 1 aliphatic rings. The lowest BCUT2D eigenvalue weighted by Crippen LogP contribution is -2.32. The summed E-state index contributed by atoms with van der Waals surface area (Å²) in [6.45, 7) is 4.45. The van der Waals surface area contributed by atoms with Crippen molar-refractivity contribution in [3.05, 3.63) is 62.0 Å². The van der Waals surface area contributed by atoms with Gasteiger partial charge in [-0.2, -0.15) is 0 Å². The number of aliphatic imine (C=N–C) groups is 1. The highest BCUT2D eigenvalue weighted by Crippen LogP contribution is 2.40. The van der Waals surface area contributed by atoms with Crippen molar-refractivity contribution in [1.82, 2.24) is 4.90 Å². The molecule has 1 fully saturated rings. The van der Waals surface area contributed by atoms with Crippen molar-refractivity contribution in [2.75, 3.05) is 13.7 Å². The number of phenols is 1. The second-order valence-corrected chi connectivity index (χ2v) is 8.58. The van der Waals surface area contributed by atoms with E-state index >= 15 is 0 Å². The Balaban J connectivity index is 2.03. The van der Waals surface area contributed by atoms with E-state index in [0.717, 1.165) is 0 Å². The van der Waals surface area contributed by atoms with Crippen LogP contribution in [0.3, 0.4) is 0 Å². The smallest absolute Gasteiger partial charge is 0.315 e. The molecule has 0 aromatic heterocycles. The quantitative estimate of drug-likeness (QED) is 0.359. The molecule has 1 aliphatic heterocycles. The van der Waals surface area contributed by atoms with Crippen LogP contribution in [0.4, 0.5) is 11.4 Å². The Morgan fingerprint density at radius 3 is 2.58 bits per heavy atom. The summed E-state index contributed by atoms with van der Waals surface area (Å²) < 4.78 is 5.03. The van der Waals surface area contributed by atoms with Crippen LogP contribution in [0, 0.1) is 16.0 Å². The van der Waals surface area contributed by atoms with E-state index in [1.54, 1.807) is 29.2 Å². The summed E-state index contributed by atoms with van der Waals surface area (Å²) in [5.74, 6) is -0.660. The molecular weight excluding hydrogens is 442 g/mol. The van der Waals surface area contributed by atoms with Gasteiger partial charge >= 0.3 is 5.69 Å². The number of amides is 1. The van der Waals surface area contributed by atoms with Gasteiger partial charge < -0.3 is 9.84 Å². The Bertz CT molecular complexity index is 1080. The largest absolute Gasteiger partial charge is 0.500 e. The van der Waals surface area contributed by atoms with Crippen LogP contribution in [0.25, 0.3) is 6.08 Å². The number of ether oxygens (including phenoxy) is 1. The third kappa shape index (κ3) is 5.18. The molecule has 0 aliphatic carbocycles. The first-order valence-corrected chi connectivity index (χ1v) is 10.5. The van der Waals surface area contributed by atoms with Crippen LogP contribution in [0.5, 0.6) is 11.5 Å². The number of rotatable bonds is 6. The normalized spacial score (nSPS) is 16.5. The fourth-order valence-electron chi connectivity index (χ4n) is 2.89. The van der Waals surface area contributed by atoms with Crippen LogP contribution < -0.4 is 4.74 Å². The number of phenolic OH excluding ortho intramolecular Hbond substituents is 1. The average Bonchev–Trinajstić information content (AvgIpc) is 2.99. The first kappa shape index (κ1) is 22.6. The Kier molecular flexibility index (Phi) is 6.87. The van der Waals surface area contributed by atoms with E-state index in [4.69, 9.17) is 16.3 Å². The highest BCUT2D eigenvalue weighted by atomic mass is 35.5. The number of benzene rings is 2. The van der Waals surface area contributed by atoms with E-state index in [2.05, 4.69) is 4.99 Å². The molecule has 10 heteroatoms. The van der Waals surface area contributed by atoms with Gasteiger partial charge in [-0.05, 0) is 59.7 Å². The van der Waals surface area contributed by atoms with E-state index in [0.29, 0.717) is 32.9 Å². The van der Waals surface area contributed by atoms with E-state index in [9.17, 15) is 20.0 Å². The SMILES string of the molecule is COc1cc(/C=C2\SC(=Nc3ccc(Cl)cc3)N(CC(C)C)C2=O)cc([N+](=O)[O-])c1O. The van der Waals surface area contributed by atoms with Crippen LogP contribution >= 0.6 is 23.4 Å². The number of nitrogens with zero attached hydrogens (tertiary/aromatic N) is 3. The predicted molar refractivity (Wildman–Crippen MR) is 122 cm³/mol. The maximum Gasteiger partial charge on any atom is 0.315 e. The Labute approximate surface area is 188 Å². The summed E-state index contributed by atoms with van der Waals surface area (Å²) in [4.78, 5) is 30.1. The lowest BCUT2D eigenvalue weighted by atomic mass is 10.1. The molecule has 0 radical (unpaired) electrons. The van der Waals surface area contributed by atoms with Crippen molar-refractivity contribution in [2.24, 2.45) is 10.9 Å². The summed E-state index contributed by atoms with van der Waals surface area (Å²) in [6.07, 6.45) is 1.53. The molecule has 0 spiro atoms. The van der Waals surface area contributed by atoms with Gasteiger partial charge in [0.2, 0.25) is 5.75 Å². The van der Waals surface area contributed by atoms with Crippen molar-refractivity contribution < 1.29 is 19.6 Å². The first-order valence-electron chi connectivity index (χ1n) is 9.30. The Morgan fingerprint density at radius 1 is 1.32 bits per heavy atom. The second kappa shape index (κ2) is 9.40. The minimum atomic E-state index is -0.706. The van der Waals surface area contributed by atoms with Crippen LogP contribution in [-0.2, 0) is 4.79 Å². The van der Waals surface area contributed by atoms with Crippen molar-refractivity contribution in [3.63, 3.8) is 0 Å². The van der Waals surface area contributed by atoms with Gasteiger partial charge in [-0.3, -0.25) is 19.8 Å². The molecule has 3 rings (SSSR count). The van der Waals surface area contributed by atoms with E-state index in [1.807, 2.05) is 13.8 Å². The molecular formula is C21H20ClN3O5S. The summed E-state index contributed by atoms with van der Waals surface area (Å²) >= 11 is 7.11. The third-order valence-electron chi connectivity index (χ3n) is 4.28. The van der Waals surface area contributed by atoms with Gasteiger partial charge in [0.1, 0.15) is 0 Å². The number of aromatic hydroxyl groups is 1. The molecule has 1 heterocycles. The zero-order chi connectivity index (χ0) is 22.7. The lowest BCUT2D eigenvalue weighted by Gasteiger charge is -2.17. The molecule has 1 amide bonds. The van der Waals surface area contributed by atoms with Crippen LogP contribution in [0.2, 0.25) is 5.02 Å². The topological polar surface area (TPSA) is 105 Å². The van der Waals surface area contributed by atoms with Crippen LogP contribution in [0.15, 0.2) is 46.3 Å².